The summed E-state index contributed by atoms with van der Waals surface area (Å²) in [5, 5.41) is 3.47. The molecule has 0 saturated carbocycles. The van der Waals surface area contributed by atoms with Gasteiger partial charge in [-0.25, -0.2) is 24.3 Å². The van der Waals surface area contributed by atoms with E-state index < -0.39 is 0 Å². The summed E-state index contributed by atoms with van der Waals surface area (Å²) in [5.74, 6) is 3.24. The van der Waals surface area contributed by atoms with Gasteiger partial charge in [0.1, 0.15) is 23.8 Å². The Hall–Kier alpha value is -3.85. The number of piperidine rings is 1. The van der Waals surface area contributed by atoms with Gasteiger partial charge in [-0.15, -0.1) is 0 Å². The second-order valence-electron chi connectivity index (χ2n) is 10.3. The Labute approximate surface area is 221 Å². The van der Waals surface area contributed by atoms with Crippen LogP contribution in [0.3, 0.4) is 0 Å². The zero-order valence-electron chi connectivity index (χ0n) is 21.9. The minimum atomic E-state index is -0.205. The quantitative estimate of drug-likeness (QED) is 0.328. The molecule has 8 nitrogen and oxygen atoms in total. The number of fused-ring (bicyclic) bond motifs is 2. The van der Waals surface area contributed by atoms with Crippen LogP contribution in [0.5, 0.6) is 0 Å². The lowest BCUT2D eigenvalue weighted by Crippen LogP contribution is -2.37. The number of likely N-dealkylation sites (tertiary alicyclic amines) is 1. The van der Waals surface area contributed by atoms with Crippen molar-refractivity contribution >= 4 is 28.0 Å². The van der Waals surface area contributed by atoms with E-state index in [4.69, 9.17) is 4.98 Å². The van der Waals surface area contributed by atoms with Crippen molar-refractivity contribution in [1.29, 1.82) is 0 Å². The number of para-hydroxylation sites is 2. The number of aromatic nitrogens is 6. The highest BCUT2D eigenvalue weighted by atomic mass is 19.1. The summed E-state index contributed by atoms with van der Waals surface area (Å²) in [6, 6.07) is 15.1. The zero-order valence-corrected chi connectivity index (χ0v) is 21.9. The lowest BCUT2D eigenvalue weighted by molar-refractivity contribution is 0.188. The third kappa shape index (κ3) is 4.98. The fourth-order valence-electron chi connectivity index (χ4n) is 5.47. The molecule has 1 aliphatic heterocycles. The highest BCUT2D eigenvalue weighted by molar-refractivity contribution is 5.83. The van der Waals surface area contributed by atoms with Crippen molar-refractivity contribution in [3.63, 3.8) is 0 Å². The van der Waals surface area contributed by atoms with Crippen LogP contribution in [0.1, 0.15) is 30.1 Å². The topological polar surface area (TPSA) is 76.7 Å². The van der Waals surface area contributed by atoms with E-state index in [2.05, 4.69) is 47.9 Å². The van der Waals surface area contributed by atoms with Gasteiger partial charge in [-0.2, -0.15) is 0 Å². The van der Waals surface area contributed by atoms with Gasteiger partial charge >= 0.3 is 0 Å². The molecule has 2 aromatic carbocycles. The maximum Gasteiger partial charge on any atom is 0.165 e. The largest absolute Gasteiger partial charge is 0.367 e. The molecule has 0 radical (unpaired) electrons. The first-order valence-electron chi connectivity index (χ1n) is 13.3. The first-order valence-corrected chi connectivity index (χ1v) is 13.3. The molecule has 0 bridgehead atoms. The molecule has 38 heavy (non-hydrogen) atoms. The summed E-state index contributed by atoms with van der Waals surface area (Å²) in [6.07, 6.45) is 4.86. The molecule has 3 aromatic heterocycles. The number of hydrogen-bond donors (Lipinski definition) is 1. The van der Waals surface area contributed by atoms with Gasteiger partial charge in [0.2, 0.25) is 0 Å². The van der Waals surface area contributed by atoms with Crippen LogP contribution < -0.4 is 5.32 Å². The maximum atomic E-state index is 13.4. The highest BCUT2D eigenvalue weighted by Gasteiger charge is 2.22. The van der Waals surface area contributed by atoms with Crippen molar-refractivity contribution in [2.24, 2.45) is 13.0 Å². The number of anilines is 1. The van der Waals surface area contributed by atoms with Crippen molar-refractivity contribution in [1.82, 2.24) is 34.0 Å². The SMILES string of the molecule is Cc1nc2c(NCCN3CCC(Cc4nc5ccccc5n4Cc4ccc(F)cc4)CC3)ncnc2n1C. The fraction of sp³-hybridized carbons (Fsp3) is 0.379. The van der Waals surface area contributed by atoms with Crippen LogP contribution in [0.4, 0.5) is 10.2 Å². The second kappa shape index (κ2) is 10.5. The van der Waals surface area contributed by atoms with Gasteiger partial charge in [0.05, 0.1) is 11.0 Å². The molecule has 6 rings (SSSR count). The van der Waals surface area contributed by atoms with Crippen LogP contribution in [-0.4, -0.2) is 60.1 Å². The van der Waals surface area contributed by atoms with Gasteiger partial charge in [0.25, 0.3) is 0 Å². The normalized spacial score (nSPS) is 15.0. The fourth-order valence-corrected chi connectivity index (χ4v) is 5.47. The number of aryl methyl sites for hydroxylation is 2. The summed E-state index contributed by atoms with van der Waals surface area (Å²) in [4.78, 5) is 20.9. The van der Waals surface area contributed by atoms with E-state index in [1.165, 1.54) is 12.1 Å². The molecular formula is C29H33FN8. The van der Waals surface area contributed by atoms with Crippen molar-refractivity contribution in [3.8, 4) is 0 Å². The van der Waals surface area contributed by atoms with Gasteiger partial charge in [0, 0.05) is 33.1 Å². The van der Waals surface area contributed by atoms with Gasteiger partial charge in [-0.3, -0.25) is 0 Å². The minimum Gasteiger partial charge on any atom is -0.367 e. The Balaban J connectivity index is 1.06. The molecular weight excluding hydrogens is 479 g/mol. The van der Waals surface area contributed by atoms with Gasteiger partial charge in [0.15, 0.2) is 17.0 Å². The summed E-state index contributed by atoms with van der Waals surface area (Å²) in [7, 11) is 1.98. The number of rotatable bonds is 8. The lowest BCUT2D eigenvalue weighted by Gasteiger charge is -2.32. The van der Waals surface area contributed by atoms with Gasteiger partial charge in [-0.1, -0.05) is 24.3 Å². The third-order valence-electron chi connectivity index (χ3n) is 7.77. The molecule has 0 unspecified atom stereocenters. The molecule has 1 saturated heterocycles. The summed E-state index contributed by atoms with van der Waals surface area (Å²) < 4.78 is 17.7. The summed E-state index contributed by atoms with van der Waals surface area (Å²) in [5.41, 5.74) is 4.92. The average Bonchev–Trinajstić information content (AvgIpc) is 3.43. The van der Waals surface area contributed by atoms with Crippen molar-refractivity contribution in [3.05, 3.63) is 77.9 Å². The molecule has 9 heteroatoms. The highest BCUT2D eigenvalue weighted by Crippen LogP contribution is 2.25. The monoisotopic (exact) mass is 512 g/mol. The number of halogens is 1. The average molecular weight is 513 g/mol. The minimum absolute atomic E-state index is 0.205. The second-order valence-corrected chi connectivity index (χ2v) is 10.3. The Morgan fingerprint density at radius 2 is 1.79 bits per heavy atom. The van der Waals surface area contributed by atoms with Gasteiger partial charge in [-0.05, 0) is 68.6 Å². The standard InChI is InChI=1S/C29H33FN8/c1-20-34-27-28(32-19-33-29(27)36(20)2)31-13-16-37-14-11-21(12-15-37)17-26-35-24-5-3-4-6-25(24)38(26)18-22-7-9-23(30)10-8-22/h3-10,19,21H,11-18H2,1-2H3,(H,31,32,33). The van der Waals surface area contributed by atoms with E-state index >= 15 is 0 Å². The number of hydrogen-bond acceptors (Lipinski definition) is 6. The van der Waals surface area contributed by atoms with Crippen LogP contribution in [0.2, 0.25) is 0 Å². The van der Waals surface area contributed by atoms with Crippen molar-refractivity contribution in [2.75, 3.05) is 31.5 Å². The van der Waals surface area contributed by atoms with Crippen LogP contribution in [-0.2, 0) is 20.0 Å². The molecule has 0 aliphatic carbocycles. The number of benzene rings is 2. The Morgan fingerprint density at radius 3 is 2.61 bits per heavy atom. The van der Waals surface area contributed by atoms with E-state index in [1.807, 2.05) is 36.7 Å². The third-order valence-corrected chi connectivity index (χ3v) is 7.77. The Bertz CT molecular complexity index is 1550. The van der Waals surface area contributed by atoms with E-state index in [1.54, 1.807) is 6.33 Å². The van der Waals surface area contributed by atoms with Gasteiger partial charge < -0.3 is 19.4 Å². The number of nitrogens with one attached hydrogen (secondary N) is 1. The van der Waals surface area contributed by atoms with Crippen LogP contribution in [0.25, 0.3) is 22.2 Å². The summed E-state index contributed by atoms with van der Waals surface area (Å²) in [6.45, 7) is 6.62. The predicted molar refractivity (Wildman–Crippen MR) is 148 cm³/mol. The molecule has 0 spiro atoms. The lowest BCUT2D eigenvalue weighted by atomic mass is 9.93. The van der Waals surface area contributed by atoms with Crippen LogP contribution in [0.15, 0.2) is 54.9 Å². The maximum absolute atomic E-state index is 13.4. The van der Waals surface area contributed by atoms with Crippen molar-refractivity contribution in [2.45, 2.75) is 32.7 Å². The van der Waals surface area contributed by atoms with Crippen LogP contribution >= 0.6 is 0 Å². The molecule has 196 valence electrons. The smallest absolute Gasteiger partial charge is 0.165 e. The zero-order chi connectivity index (χ0) is 26.1. The van der Waals surface area contributed by atoms with Crippen molar-refractivity contribution < 1.29 is 4.39 Å². The molecule has 5 aromatic rings. The molecule has 4 heterocycles. The molecule has 1 aliphatic rings. The summed E-state index contributed by atoms with van der Waals surface area (Å²) >= 11 is 0. The molecule has 0 amide bonds. The Kier molecular flexibility index (Phi) is 6.76. The van der Waals surface area contributed by atoms with Crippen LogP contribution in [0, 0.1) is 18.7 Å². The molecule has 0 atom stereocenters. The first-order chi connectivity index (χ1) is 18.5. The Morgan fingerprint density at radius 1 is 1.00 bits per heavy atom. The molecule has 1 N–H and O–H groups in total. The number of nitrogens with zero attached hydrogens (tertiary/aromatic N) is 7. The van der Waals surface area contributed by atoms with E-state index in [0.717, 1.165) is 90.7 Å². The number of imidazole rings is 2. The first kappa shape index (κ1) is 24.5. The van der Waals surface area contributed by atoms with E-state index in [0.29, 0.717) is 12.5 Å². The van der Waals surface area contributed by atoms with E-state index in [9.17, 15) is 4.39 Å². The predicted octanol–water partition coefficient (Wildman–Crippen LogP) is 4.58. The van der Waals surface area contributed by atoms with E-state index in [-0.39, 0.29) is 5.82 Å². The molecule has 1 fully saturated rings.